The topological polar surface area (TPSA) is 29.5 Å². The molecule has 0 aliphatic rings. The van der Waals surface area contributed by atoms with Gasteiger partial charge in [-0.05, 0) is 42.3 Å². The molecule has 0 aliphatic heterocycles. The van der Waals surface area contributed by atoms with Crippen molar-refractivity contribution in [2.45, 2.75) is 12.5 Å². The molecule has 2 aromatic carbocycles. The largest absolute Gasteiger partial charge is 0.497 e. The monoisotopic (exact) mass is 278 g/mol. The first-order valence-electron chi connectivity index (χ1n) is 6.73. The van der Waals surface area contributed by atoms with E-state index in [9.17, 15) is 5.11 Å². The van der Waals surface area contributed by atoms with Gasteiger partial charge in [-0.15, -0.1) is 0 Å². The van der Waals surface area contributed by atoms with Crippen molar-refractivity contribution in [3.8, 4) is 17.6 Å². The Morgan fingerprint density at radius 1 is 1.10 bits per heavy atom. The SMILES string of the molecule is COc1cccc(/C=C\C#C[C@](C)(O)c2ccccc2)c1. The molecule has 0 spiro atoms. The zero-order chi connectivity index (χ0) is 15.1. The van der Waals surface area contributed by atoms with Gasteiger partial charge in [-0.3, -0.25) is 0 Å². The highest BCUT2D eigenvalue weighted by Crippen LogP contribution is 2.18. The molecule has 2 aromatic rings. The summed E-state index contributed by atoms with van der Waals surface area (Å²) in [6.45, 7) is 1.69. The Morgan fingerprint density at radius 3 is 2.57 bits per heavy atom. The zero-order valence-corrected chi connectivity index (χ0v) is 12.2. The number of hydrogen-bond donors (Lipinski definition) is 1. The molecular weight excluding hydrogens is 260 g/mol. The van der Waals surface area contributed by atoms with E-state index in [1.165, 1.54) is 0 Å². The van der Waals surface area contributed by atoms with Gasteiger partial charge in [0.05, 0.1) is 7.11 Å². The Hall–Kier alpha value is -2.50. The maximum atomic E-state index is 10.3. The summed E-state index contributed by atoms with van der Waals surface area (Å²) in [7, 11) is 1.64. The van der Waals surface area contributed by atoms with E-state index < -0.39 is 5.60 Å². The molecule has 0 bridgehead atoms. The lowest BCUT2D eigenvalue weighted by atomic mass is 9.97. The lowest BCUT2D eigenvalue weighted by molar-refractivity contribution is 0.122. The van der Waals surface area contributed by atoms with E-state index in [1.807, 2.05) is 60.7 Å². The molecule has 2 heteroatoms. The van der Waals surface area contributed by atoms with Crippen molar-refractivity contribution >= 4 is 6.08 Å². The summed E-state index contributed by atoms with van der Waals surface area (Å²) in [5.74, 6) is 6.56. The number of allylic oxidation sites excluding steroid dienone is 1. The molecule has 0 amide bonds. The summed E-state index contributed by atoms with van der Waals surface area (Å²) in [6.07, 6.45) is 3.61. The van der Waals surface area contributed by atoms with Crippen LogP contribution in [0.1, 0.15) is 18.1 Å². The first-order valence-corrected chi connectivity index (χ1v) is 6.73. The molecule has 21 heavy (non-hydrogen) atoms. The van der Waals surface area contributed by atoms with Crippen LogP contribution in [0.3, 0.4) is 0 Å². The normalized spacial score (nSPS) is 13.3. The van der Waals surface area contributed by atoms with Crippen molar-refractivity contribution in [1.29, 1.82) is 0 Å². The molecule has 0 fully saturated rings. The van der Waals surface area contributed by atoms with Gasteiger partial charge in [-0.1, -0.05) is 54.3 Å². The number of ether oxygens (including phenoxy) is 1. The highest BCUT2D eigenvalue weighted by atomic mass is 16.5. The molecule has 2 rings (SSSR count). The Labute approximate surface area is 125 Å². The Morgan fingerprint density at radius 2 is 1.86 bits per heavy atom. The van der Waals surface area contributed by atoms with Gasteiger partial charge >= 0.3 is 0 Å². The molecule has 0 saturated carbocycles. The molecule has 1 atom stereocenters. The van der Waals surface area contributed by atoms with Crippen molar-refractivity contribution in [3.05, 3.63) is 71.8 Å². The third-order valence-corrected chi connectivity index (χ3v) is 3.10. The van der Waals surface area contributed by atoms with Crippen molar-refractivity contribution in [3.63, 3.8) is 0 Å². The highest BCUT2D eigenvalue weighted by molar-refractivity contribution is 5.55. The minimum atomic E-state index is -1.15. The number of rotatable bonds is 3. The van der Waals surface area contributed by atoms with E-state index in [1.54, 1.807) is 20.1 Å². The standard InChI is InChI=1S/C19H18O2/c1-19(20,17-11-4-3-5-12-17)14-7-6-9-16-10-8-13-18(15-16)21-2/h3-6,8-13,15,20H,1-2H3/b9-6-/t19-/m0/s1. The predicted octanol–water partition coefficient (Wildman–Crippen LogP) is 3.62. The molecule has 2 nitrogen and oxygen atoms in total. The van der Waals surface area contributed by atoms with Gasteiger partial charge in [0.1, 0.15) is 11.4 Å². The quantitative estimate of drug-likeness (QED) is 0.869. The van der Waals surface area contributed by atoms with Gasteiger partial charge in [0.2, 0.25) is 0 Å². The van der Waals surface area contributed by atoms with Crippen molar-refractivity contribution in [2.75, 3.05) is 7.11 Å². The lowest BCUT2D eigenvalue weighted by Crippen LogP contribution is -2.17. The second-order valence-corrected chi connectivity index (χ2v) is 4.82. The van der Waals surface area contributed by atoms with Crippen molar-refractivity contribution < 1.29 is 9.84 Å². The van der Waals surface area contributed by atoms with Crippen LogP contribution >= 0.6 is 0 Å². The number of methoxy groups -OCH3 is 1. The van der Waals surface area contributed by atoms with Gasteiger partial charge in [0.25, 0.3) is 0 Å². The van der Waals surface area contributed by atoms with Gasteiger partial charge in [0.15, 0.2) is 0 Å². The van der Waals surface area contributed by atoms with E-state index in [0.29, 0.717) is 0 Å². The number of hydrogen-bond acceptors (Lipinski definition) is 2. The summed E-state index contributed by atoms with van der Waals surface area (Å²) in [5.41, 5.74) is 0.635. The zero-order valence-electron chi connectivity index (χ0n) is 12.2. The van der Waals surface area contributed by atoms with Gasteiger partial charge in [-0.2, -0.15) is 0 Å². The molecule has 1 N–H and O–H groups in total. The molecule has 0 radical (unpaired) electrons. The molecule has 0 unspecified atom stereocenters. The summed E-state index contributed by atoms with van der Waals surface area (Å²) in [4.78, 5) is 0. The van der Waals surface area contributed by atoms with Gasteiger partial charge in [0, 0.05) is 0 Å². The second kappa shape index (κ2) is 6.78. The Bertz CT molecular complexity index is 673. The highest BCUT2D eigenvalue weighted by Gasteiger charge is 2.18. The maximum Gasteiger partial charge on any atom is 0.148 e. The molecular formula is C19H18O2. The van der Waals surface area contributed by atoms with Crippen LogP contribution in [0.5, 0.6) is 5.75 Å². The van der Waals surface area contributed by atoms with Crippen molar-refractivity contribution in [1.82, 2.24) is 0 Å². The van der Waals surface area contributed by atoms with Crippen LogP contribution < -0.4 is 4.74 Å². The Kier molecular flexibility index (Phi) is 4.81. The summed E-state index contributed by atoms with van der Waals surface area (Å²) in [5, 5.41) is 10.3. The van der Waals surface area contributed by atoms with Crippen LogP contribution in [-0.2, 0) is 5.60 Å². The predicted molar refractivity (Wildman–Crippen MR) is 85.8 cm³/mol. The van der Waals surface area contributed by atoms with E-state index in [0.717, 1.165) is 16.9 Å². The molecule has 0 saturated heterocycles. The first-order chi connectivity index (χ1) is 10.1. The average Bonchev–Trinajstić information content (AvgIpc) is 2.53. The fraction of sp³-hybridized carbons (Fsp3) is 0.158. The smallest absolute Gasteiger partial charge is 0.148 e. The maximum absolute atomic E-state index is 10.3. The van der Waals surface area contributed by atoms with E-state index in [-0.39, 0.29) is 0 Å². The minimum Gasteiger partial charge on any atom is -0.497 e. The fourth-order valence-electron chi connectivity index (χ4n) is 1.90. The van der Waals surface area contributed by atoms with E-state index >= 15 is 0 Å². The van der Waals surface area contributed by atoms with Gasteiger partial charge in [-0.25, -0.2) is 0 Å². The summed E-state index contributed by atoms with van der Waals surface area (Å²) < 4.78 is 5.16. The van der Waals surface area contributed by atoms with Crippen LogP contribution in [-0.4, -0.2) is 12.2 Å². The second-order valence-electron chi connectivity index (χ2n) is 4.82. The third kappa shape index (κ3) is 4.24. The van der Waals surface area contributed by atoms with Crippen LogP contribution in [0, 0.1) is 11.8 Å². The van der Waals surface area contributed by atoms with Crippen molar-refractivity contribution in [2.24, 2.45) is 0 Å². The van der Waals surface area contributed by atoms with E-state index in [2.05, 4.69) is 11.8 Å². The molecule has 0 aliphatic carbocycles. The molecule has 0 aromatic heterocycles. The molecule has 0 heterocycles. The first kappa shape index (κ1) is 14.9. The number of benzene rings is 2. The van der Waals surface area contributed by atoms with Crippen LogP contribution in [0.25, 0.3) is 6.08 Å². The van der Waals surface area contributed by atoms with Crippen LogP contribution in [0.15, 0.2) is 60.7 Å². The summed E-state index contributed by atoms with van der Waals surface area (Å²) >= 11 is 0. The van der Waals surface area contributed by atoms with Crippen LogP contribution in [0.2, 0.25) is 0 Å². The fourth-order valence-corrected chi connectivity index (χ4v) is 1.90. The van der Waals surface area contributed by atoms with E-state index in [4.69, 9.17) is 4.74 Å². The summed E-state index contributed by atoms with van der Waals surface area (Å²) in [6, 6.07) is 17.1. The van der Waals surface area contributed by atoms with Gasteiger partial charge < -0.3 is 9.84 Å². The number of aliphatic hydroxyl groups is 1. The molecule has 106 valence electrons. The third-order valence-electron chi connectivity index (χ3n) is 3.10. The Balaban J connectivity index is 2.10. The average molecular weight is 278 g/mol. The van der Waals surface area contributed by atoms with Crippen LogP contribution in [0.4, 0.5) is 0 Å². The minimum absolute atomic E-state index is 0.785. The lowest BCUT2D eigenvalue weighted by Gasteiger charge is -2.16.